The number of aromatic nitrogens is 1. The van der Waals surface area contributed by atoms with Gasteiger partial charge in [-0.25, -0.2) is 4.98 Å². The van der Waals surface area contributed by atoms with E-state index < -0.39 is 0 Å². The van der Waals surface area contributed by atoms with Gasteiger partial charge >= 0.3 is 0 Å². The van der Waals surface area contributed by atoms with Crippen molar-refractivity contribution in [1.29, 1.82) is 0 Å². The Morgan fingerprint density at radius 3 is 2.53 bits per heavy atom. The van der Waals surface area contributed by atoms with Crippen molar-refractivity contribution in [1.82, 2.24) is 4.98 Å². The molecular formula is C24H25ClN4O. The zero-order valence-corrected chi connectivity index (χ0v) is 18.1. The predicted molar refractivity (Wildman–Crippen MR) is 124 cm³/mol. The van der Waals surface area contributed by atoms with Crippen molar-refractivity contribution in [3.8, 4) is 0 Å². The standard InChI is InChI=1S/C24H25ClN4O/c1-4-28(5-2)18-11-12-21(16(3)14-18)27-23-19-8-6-7-9-20(19)24(30)29(23)22-13-10-17(25)15-26-22/h6-15,23,27H,4-5H2,1-3H3. The van der Waals surface area contributed by atoms with E-state index in [0.717, 1.165) is 29.9 Å². The molecule has 0 radical (unpaired) electrons. The van der Waals surface area contributed by atoms with Gasteiger partial charge in [-0.05, 0) is 62.7 Å². The zero-order valence-electron chi connectivity index (χ0n) is 17.4. The number of fused-ring (bicyclic) bond motifs is 1. The van der Waals surface area contributed by atoms with Crippen LogP contribution < -0.4 is 15.1 Å². The van der Waals surface area contributed by atoms with E-state index in [1.54, 1.807) is 23.2 Å². The van der Waals surface area contributed by atoms with Crippen LogP contribution in [-0.2, 0) is 0 Å². The highest BCUT2D eigenvalue weighted by atomic mass is 35.5. The first-order chi connectivity index (χ1) is 14.5. The lowest BCUT2D eigenvalue weighted by atomic mass is 10.1. The molecule has 1 unspecified atom stereocenters. The Morgan fingerprint density at radius 1 is 1.10 bits per heavy atom. The Morgan fingerprint density at radius 2 is 1.87 bits per heavy atom. The van der Waals surface area contributed by atoms with Crippen LogP contribution in [0.15, 0.2) is 60.8 Å². The van der Waals surface area contributed by atoms with Gasteiger partial charge < -0.3 is 10.2 Å². The Labute approximate surface area is 182 Å². The molecule has 2 heterocycles. The summed E-state index contributed by atoms with van der Waals surface area (Å²) in [7, 11) is 0. The molecule has 0 bridgehead atoms. The molecule has 1 N–H and O–H groups in total. The summed E-state index contributed by atoms with van der Waals surface area (Å²) in [4.78, 5) is 21.6. The lowest BCUT2D eigenvalue weighted by molar-refractivity contribution is 0.0992. The molecule has 0 aliphatic carbocycles. The monoisotopic (exact) mass is 420 g/mol. The molecule has 1 aliphatic rings. The summed E-state index contributed by atoms with van der Waals surface area (Å²) in [6.07, 6.45) is 1.22. The Bertz CT molecular complexity index is 1060. The minimum Gasteiger partial charge on any atom is -0.372 e. The van der Waals surface area contributed by atoms with Crippen molar-refractivity contribution in [3.05, 3.63) is 82.5 Å². The molecule has 0 saturated carbocycles. The van der Waals surface area contributed by atoms with Gasteiger partial charge in [0.2, 0.25) is 0 Å². The molecule has 0 fully saturated rings. The van der Waals surface area contributed by atoms with Crippen molar-refractivity contribution in [3.63, 3.8) is 0 Å². The highest BCUT2D eigenvalue weighted by molar-refractivity contribution is 6.30. The Kier molecular flexibility index (Phi) is 5.64. The quantitative estimate of drug-likeness (QED) is 0.558. The molecule has 1 aliphatic heterocycles. The number of aryl methyl sites for hydroxylation is 1. The van der Waals surface area contributed by atoms with Crippen LogP contribution in [-0.4, -0.2) is 24.0 Å². The molecule has 6 heteroatoms. The minimum absolute atomic E-state index is 0.0738. The first kappa shape index (κ1) is 20.2. The molecule has 0 saturated heterocycles. The van der Waals surface area contributed by atoms with Gasteiger partial charge in [-0.3, -0.25) is 9.69 Å². The molecule has 5 nitrogen and oxygen atoms in total. The van der Waals surface area contributed by atoms with E-state index >= 15 is 0 Å². The molecule has 1 amide bonds. The van der Waals surface area contributed by atoms with Gasteiger partial charge in [-0.1, -0.05) is 29.8 Å². The topological polar surface area (TPSA) is 48.5 Å². The van der Waals surface area contributed by atoms with Gasteiger partial charge in [-0.15, -0.1) is 0 Å². The molecule has 1 atom stereocenters. The molecule has 154 valence electrons. The number of carbonyl (C=O) groups is 1. The van der Waals surface area contributed by atoms with Gasteiger partial charge in [-0.2, -0.15) is 0 Å². The summed E-state index contributed by atoms with van der Waals surface area (Å²) in [5, 5.41) is 4.11. The lowest BCUT2D eigenvalue weighted by Gasteiger charge is -2.28. The Balaban J connectivity index is 1.71. The number of amides is 1. The first-order valence-corrected chi connectivity index (χ1v) is 10.6. The van der Waals surface area contributed by atoms with Gasteiger partial charge in [0.05, 0.1) is 5.02 Å². The fourth-order valence-electron chi connectivity index (χ4n) is 3.95. The van der Waals surface area contributed by atoms with E-state index in [-0.39, 0.29) is 12.1 Å². The van der Waals surface area contributed by atoms with Gasteiger partial charge in [0.1, 0.15) is 12.0 Å². The van der Waals surface area contributed by atoms with Gasteiger partial charge in [0.15, 0.2) is 0 Å². The highest BCUT2D eigenvalue weighted by Gasteiger charge is 2.38. The summed E-state index contributed by atoms with van der Waals surface area (Å²) in [6.45, 7) is 8.32. The number of hydrogen-bond acceptors (Lipinski definition) is 4. The number of anilines is 3. The second-order valence-corrected chi connectivity index (χ2v) is 7.75. The fourth-order valence-corrected chi connectivity index (χ4v) is 4.06. The minimum atomic E-state index is -0.347. The molecule has 3 aromatic rings. The van der Waals surface area contributed by atoms with E-state index in [1.165, 1.54) is 5.69 Å². The second-order valence-electron chi connectivity index (χ2n) is 7.32. The maximum atomic E-state index is 13.2. The average Bonchev–Trinajstić information content (AvgIpc) is 3.03. The van der Waals surface area contributed by atoms with E-state index in [1.807, 2.05) is 24.3 Å². The van der Waals surface area contributed by atoms with E-state index in [9.17, 15) is 4.79 Å². The average molecular weight is 421 g/mol. The van der Waals surface area contributed by atoms with Crippen molar-refractivity contribution in [2.24, 2.45) is 0 Å². The maximum absolute atomic E-state index is 13.2. The van der Waals surface area contributed by atoms with E-state index in [2.05, 4.69) is 54.2 Å². The molecule has 0 spiro atoms. The number of halogens is 1. The van der Waals surface area contributed by atoms with Crippen molar-refractivity contribution in [2.75, 3.05) is 28.2 Å². The number of rotatable bonds is 6. The second kappa shape index (κ2) is 8.36. The number of pyridine rings is 1. The van der Waals surface area contributed by atoms with Gasteiger partial charge in [0.25, 0.3) is 5.91 Å². The molecule has 4 rings (SSSR count). The van der Waals surface area contributed by atoms with Crippen LogP contribution in [0.2, 0.25) is 5.02 Å². The summed E-state index contributed by atoms with van der Waals surface area (Å²) in [5.41, 5.74) is 4.93. The van der Waals surface area contributed by atoms with Crippen LogP contribution in [0.3, 0.4) is 0 Å². The van der Waals surface area contributed by atoms with Gasteiger partial charge in [0, 0.05) is 41.8 Å². The van der Waals surface area contributed by atoms with Crippen molar-refractivity contribution in [2.45, 2.75) is 26.9 Å². The van der Waals surface area contributed by atoms with E-state index in [0.29, 0.717) is 16.4 Å². The third-order valence-electron chi connectivity index (χ3n) is 5.55. The van der Waals surface area contributed by atoms with Crippen LogP contribution in [0, 0.1) is 6.92 Å². The summed E-state index contributed by atoms with van der Waals surface area (Å²) < 4.78 is 0. The van der Waals surface area contributed by atoms with Crippen LogP contribution in [0.4, 0.5) is 17.2 Å². The van der Waals surface area contributed by atoms with Crippen molar-refractivity contribution < 1.29 is 4.79 Å². The maximum Gasteiger partial charge on any atom is 0.261 e. The van der Waals surface area contributed by atoms with Crippen LogP contribution in [0.5, 0.6) is 0 Å². The third-order valence-corrected chi connectivity index (χ3v) is 5.78. The zero-order chi connectivity index (χ0) is 21.3. The molecule has 2 aromatic carbocycles. The van der Waals surface area contributed by atoms with Crippen molar-refractivity contribution >= 4 is 34.7 Å². The smallest absolute Gasteiger partial charge is 0.261 e. The van der Waals surface area contributed by atoms with E-state index in [4.69, 9.17) is 11.6 Å². The Hall–Kier alpha value is -3.05. The van der Waals surface area contributed by atoms with Crippen LogP contribution >= 0.6 is 11.6 Å². The fraction of sp³-hybridized carbons (Fsp3) is 0.250. The highest BCUT2D eigenvalue weighted by Crippen LogP contribution is 2.38. The summed E-state index contributed by atoms with van der Waals surface area (Å²) >= 11 is 6.01. The number of nitrogens with one attached hydrogen (secondary N) is 1. The molecular weight excluding hydrogens is 396 g/mol. The summed E-state index contributed by atoms with van der Waals surface area (Å²) in [6, 6.07) is 17.6. The van der Waals surface area contributed by atoms with Crippen LogP contribution in [0.25, 0.3) is 0 Å². The molecule has 1 aromatic heterocycles. The first-order valence-electron chi connectivity index (χ1n) is 10.2. The number of nitrogens with zero attached hydrogens (tertiary/aromatic N) is 3. The molecule has 30 heavy (non-hydrogen) atoms. The normalized spacial score (nSPS) is 15.3. The largest absolute Gasteiger partial charge is 0.372 e. The lowest BCUT2D eigenvalue weighted by Crippen LogP contribution is -2.33. The summed E-state index contributed by atoms with van der Waals surface area (Å²) in [5.74, 6) is 0.492. The SMILES string of the molecule is CCN(CC)c1ccc(NC2c3ccccc3C(=O)N2c2ccc(Cl)cn2)c(C)c1. The van der Waals surface area contributed by atoms with Crippen LogP contribution in [0.1, 0.15) is 41.5 Å². The number of hydrogen-bond donors (Lipinski definition) is 1. The predicted octanol–water partition coefficient (Wildman–Crippen LogP) is 5.66. The third kappa shape index (κ3) is 3.61. The number of carbonyl (C=O) groups excluding carboxylic acids is 1. The number of benzene rings is 2.